The minimum absolute atomic E-state index is 0.0117. The molecule has 0 aromatic heterocycles. The molecule has 3 heterocycles. The van der Waals surface area contributed by atoms with Crippen LogP contribution in [0.25, 0.3) is 10.8 Å². The number of alkyl halides is 1. The summed E-state index contributed by atoms with van der Waals surface area (Å²) in [5.74, 6) is 0.926. The van der Waals surface area contributed by atoms with Gasteiger partial charge in [0.05, 0.1) is 42.6 Å². The SMILES string of the molecule is COc1cc2c(cc1OCc1cccc(CC(=O)N3C[C@@H](CCl)c4c3cc(OCc3ccc(NC(=O)[C@H](C)NC(=O)C(N)C(C)C)cc3)c3ccccc43)c1)N=C[C@@H]1CCCCN1C2=O. The number of amides is 4. The van der Waals surface area contributed by atoms with E-state index in [4.69, 9.17) is 36.5 Å². The van der Waals surface area contributed by atoms with Crippen molar-refractivity contribution in [2.45, 2.75) is 83.7 Å². The van der Waals surface area contributed by atoms with Gasteiger partial charge in [0.15, 0.2) is 11.5 Å². The van der Waals surface area contributed by atoms with Crippen LogP contribution in [-0.4, -0.2) is 78.9 Å². The quantitative estimate of drug-likeness (QED) is 0.0889. The lowest BCUT2D eigenvalue weighted by Gasteiger charge is -2.32. The monoisotopic (exact) mass is 898 g/mol. The Hall–Kier alpha value is -6.44. The molecule has 4 atom stereocenters. The van der Waals surface area contributed by atoms with Gasteiger partial charge in [0.25, 0.3) is 5.91 Å². The molecule has 0 saturated carbocycles. The molecule has 0 radical (unpaired) electrons. The average Bonchev–Trinajstić information content (AvgIpc) is 3.64. The minimum atomic E-state index is -0.770. The molecule has 0 bridgehead atoms. The zero-order chi connectivity index (χ0) is 45.8. The number of benzene rings is 5. The van der Waals surface area contributed by atoms with Crippen LogP contribution in [0.1, 0.15) is 78.6 Å². The van der Waals surface area contributed by atoms with Crippen LogP contribution in [0, 0.1) is 5.92 Å². The predicted octanol–water partition coefficient (Wildman–Crippen LogP) is 8.06. The van der Waals surface area contributed by atoms with E-state index in [1.165, 1.54) is 0 Å². The van der Waals surface area contributed by atoms with Crippen LogP contribution in [0.5, 0.6) is 17.2 Å². The Labute approximate surface area is 384 Å². The predicted molar refractivity (Wildman–Crippen MR) is 254 cm³/mol. The minimum Gasteiger partial charge on any atom is -0.493 e. The Balaban J connectivity index is 0.944. The van der Waals surface area contributed by atoms with Crippen LogP contribution in [0.2, 0.25) is 0 Å². The van der Waals surface area contributed by atoms with Crippen LogP contribution in [0.4, 0.5) is 17.1 Å². The van der Waals surface area contributed by atoms with Crippen LogP contribution >= 0.6 is 11.6 Å². The number of aliphatic imine (C=N–C) groups is 1. The second-order valence-corrected chi connectivity index (χ2v) is 17.6. The summed E-state index contributed by atoms with van der Waals surface area (Å²) in [6, 6.07) is 27.0. The van der Waals surface area contributed by atoms with Crippen molar-refractivity contribution in [3.63, 3.8) is 0 Å². The topological polar surface area (TPSA) is 165 Å². The molecule has 4 amide bonds. The van der Waals surface area contributed by atoms with Crippen molar-refractivity contribution in [3.05, 3.63) is 119 Å². The van der Waals surface area contributed by atoms with E-state index in [1.807, 2.05) is 96.6 Å². The van der Waals surface area contributed by atoms with Gasteiger partial charge in [-0.2, -0.15) is 0 Å². The number of nitrogens with two attached hydrogens (primary N) is 1. The maximum absolute atomic E-state index is 14.3. The largest absolute Gasteiger partial charge is 0.493 e. The number of piperidine rings is 1. The number of nitrogens with one attached hydrogen (secondary N) is 2. The molecule has 0 spiro atoms. The number of carbonyl (C=O) groups is 4. The van der Waals surface area contributed by atoms with E-state index in [1.54, 1.807) is 38.3 Å². The van der Waals surface area contributed by atoms with Gasteiger partial charge in [-0.3, -0.25) is 24.2 Å². The lowest BCUT2D eigenvalue weighted by atomic mass is 9.95. The Kier molecular flexibility index (Phi) is 13.7. The number of anilines is 2. The van der Waals surface area contributed by atoms with E-state index < -0.39 is 12.1 Å². The lowest BCUT2D eigenvalue weighted by Crippen LogP contribution is -2.50. The summed E-state index contributed by atoms with van der Waals surface area (Å²) in [5.41, 5.74) is 11.9. The number of hydrogen-bond donors (Lipinski definition) is 3. The maximum atomic E-state index is 14.3. The highest BCUT2D eigenvalue weighted by atomic mass is 35.5. The molecule has 3 aliphatic rings. The van der Waals surface area contributed by atoms with Crippen molar-refractivity contribution in [2.24, 2.45) is 16.6 Å². The van der Waals surface area contributed by atoms with Crippen molar-refractivity contribution in [2.75, 3.05) is 36.3 Å². The van der Waals surface area contributed by atoms with Crippen molar-refractivity contribution in [1.29, 1.82) is 0 Å². The summed E-state index contributed by atoms with van der Waals surface area (Å²) in [4.78, 5) is 61.4. The van der Waals surface area contributed by atoms with Gasteiger partial charge in [0.1, 0.15) is 25.0 Å². The first-order chi connectivity index (χ1) is 31.4. The number of hydrogen-bond acceptors (Lipinski definition) is 9. The van der Waals surface area contributed by atoms with E-state index in [2.05, 4.69) is 10.6 Å². The summed E-state index contributed by atoms with van der Waals surface area (Å²) < 4.78 is 18.5. The summed E-state index contributed by atoms with van der Waals surface area (Å²) in [5, 5.41) is 7.41. The number of halogens is 1. The molecule has 5 aromatic rings. The highest BCUT2D eigenvalue weighted by Crippen LogP contribution is 2.46. The molecule has 65 heavy (non-hydrogen) atoms. The number of rotatable bonds is 15. The number of carbonyl (C=O) groups excluding carboxylic acids is 4. The van der Waals surface area contributed by atoms with Crippen molar-refractivity contribution < 1.29 is 33.4 Å². The zero-order valence-electron chi connectivity index (χ0n) is 37.1. The van der Waals surface area contributed by atoms with E-state index in [0.29, 0.717) is 53.2 Å². The highest BCUT2D eigenvalue weighted by molar-refractivity contribution is 6.19. The van der Waals surface area contributed by atoms with Gasteiger partial charge in [-0.05, 0) is 77.9 Å². The first kappa shape index (κ1) is 45.1. The van der Waals surface area contributed by atoms with Gasteiger partial charge in [-0.25, -0.2) is 0 Å². The van der Waals surface area contributed by atoms with Crippen molar-refractivity contribution >= 4 is 69.3 Å². The first-order valence-corrected chi connectivity index (χ1v) is 22.7. The summed E-state index contributed by atoms with van der Waals surface area (Å²) in [7, 11) is 1.56. The van der Waals surface area contributed by atoms with E-state index in [-0.39, 0.29) is 61.1 Å². The number of methoxy groups -OCH3 is 1. The molecule has 1 saturated heterocycles. The summed E-state index contributed by atoms with van der Waals surface area (Å²) in [6.07, 6.45) is 4.96. The third kappa shape index (κ3) is 9.81. The molecule has 0 aliphatic carbocycles. The number of nitrogens with zero attached hydrogens (tertiary/aromatic N) is 3. The normalized spacial score (nSPS) is 17.4. The highest BCUT2D eigenvalue weighted by Gasteiger charge is 2.35. The summed E-state index contributed by atoms with van der Waals surface area (Å²) in [6.45, 7) is 6.91. The van der Waals surface area contributed by atoms with Crippen LogP contribution < -0.4 is 35.5 Å². The summed E-state index contributed by atoms with van der Waals surface area (Å²) >= 11 is 6.60. The fourth-order valence-electron chi connectivity index (χ4n) is 8.71. The van der Waals surface area contributed by atoms with Gasteiger partial charge in [0, 0.05) is 54.3 Å². The second-order valence-electron chi connectivity index (χ2n) is 17.3. The van der Waals surface area contributed by atoms with Crippen LogP contribution in [0.15, 0.2) is 96.0 Å². The van der Waals surface area contributed by atoms with E-state index in [0.717, 1.165) is 58.0 Å². The van der Waals surface area contributed by atoms with Crippen molar-refractivity contribution in [1.82, 2.24) is 10.2 Å². The zero-order valence-corrected chi connectivity index (χ0v) is 37.9. The Morgan fingerprint density at radius 3 is 2.34 bits per heavy atom. The Morgan fingerprint density at radius 2 is 1.58 bits per heavy atom. The van der Waals surface area contributed by atoms with Gasteiger partial charge in [-0.1, -0.05) is 74.5 Å². The Bertz CT molecular complexity index is 2630. The van der Waals surface area contributed by atoms with Gasteiger partial charge >= 0.3 is 0 Å². The molecule has 3 aliphatic heterocycles. The molecule has 1 unspecified atom stereocenters. The molecule has 4 N–H and O–H groups in total. The van der Waals surface area contributed by atoms with E-state index in [9.17, 15) is 19.2 Å². The molecule has 5 aromatic carbocycles. The Morgan fingerprint density at radius 1 is 0.846 bits per heavy atom. The molecule has 14 heteroatoms. The molecule has 13 nitrogen and oxygen atoms in total. The average molecular weight is 899 g/mol. The standard InChI is InChI=1S/C51H55ClN6O7/c1-30(2)48(53)50(61)55-31(3)49(60)56-36-17-15-32(16-18-36)28-64-43-24-42-47(39-14-6-5-13-38(39)43)35(25-52)27-58(42)46(59)21-33-10-9-11-34(20-33)29-65-45-23-41-40(22-44(45)63-4)51(62)57-19-8-7-12-37(57)26-54-41/h5-6,9-11,13-18,20,22-24,26,30-31,35,37,48H,7-8,12,19,21,25,27-29,53H2,1-4H3,(H,55,61)(H,56,60)/t31-,35+,37-,48?/m0/s1. The van der Waals surface area contributed by atoms with Gasteiger partial charge in [0.2, 0.25) is 17.7 Å². The van der Waals surface area contributed by atoms with Crippen molar-refractivity contribution in [3.8, 4) is 17.2 Å². The van der Waals surface area contributed by atoms with E-state index >= 15 is 0 Å². The van der Waals surface area contributed by atoms with Gasteiger partial charge in [-0.15, -0.1) is 11.6 Å². The van der Waals surface area contributed by atoms with Gasteiger partial charge < -0.3 is 40.4 Å². The van der Waals surface area contributed by atoms with Crippen LogP contribution in [-0.2, 0) is 34.0 Å². The van der Waals surface area contributed by atoms with Crippen LogP contribution in [0.3, 0.4) is 0 Å². The fourth-order valence-corrected chi connectivity index (χ4v) is 8.97. The third-order valence-corrected chi connectivity index (χ3v) is 12.8. The fraction of sp³-hybridized carbons (Fsp3) is 0.353. The third-order valence-electron chi connectivity index (χ3n) is 12.5. The smallest absolute Gasteiger partial charge is 0.256 e. The number of ether oxygens (including phenoxy) is 3. The molecule has 338 valence electrons. The second kappa shape index (κ2) is 19.7. The first-order valence-electron chi connectivity index (χ1n) is 22.2. The molecule has 8 rings (SSSR count). The number of fused-ring (bicyclic) bond motifs is 5. The molecular formula is C51H55ClN6O7. The lowest BCUT2D eigenvalue weighted by molar-refractivity contribution is -0.127. The maximum Gasteiger partial charge on any atom is 0.256 e. The molecule has 1 fully saturated rings. The molecular weight excluding hydrogens is 844 g/mol.